The first-order valence-electron chi connectivity index (χ1n) is 5.95. The van der Waals surface area contributed by atoms with Gasteiger partial charge in [-0.05, 0) is 34.6 Å². The summed E-state index contributed by atoms with van der Waals surface area (Å²) in [4.78, 5) is 17.5. The number of alkyl carbamates (subject to hydrolysis) is 1. The number of H-pyrrole nitrogens is 1. The molecule has 0 bridgehead atoms. The molecule has 1 aromatic rings. The number of ether oxygens (including phenoxy) is 1. The normalized spacial score (nSPS) is 13.2. The van der Waals surface area contributed by atoms with E-state index in [-0.39, 0.29) is 5.82 Å². The van der Waals surface area contributed by atoms with E-state index in [1.807, 2.05) is 0 Å². The Morgan fingerprint density at radius 3 is 2.20 bits per heavy atom. The summed E-state index contributed by atoms with van der Waals surface area (Å²) in [5.74, 6) is -0.00400. The number of carbonyl (C=O) groups excluding carboxylic acids is 1. The van der Waals surface area contributed by atoms with Crippen LogP contribution in [-0.4, -0.2) is 21.7 Å². The van der Waals surface area contributed by atoms with Gasteiger partial charge in [0.05, 0.1) is 11.7 Å². The number of hydrogen-bond acceptors (Lipinski definition) is 3. The maximum atomic E-state index is 12.5. The number of nitrogens with one attached hydrogen (secondary N) is 2. The Bertz CT molecular complexity index is 487. The number of halogens is 3. The van der Waals surface area contributed by atoms with E-state index in [4.69, 9.17) is 4.74 Å². The third-order valence-electron chi connectivity index (χ3n) is 2.29. The topological polar surface area (TPSA) is 67.0 Å². The Kier molecular flexibility index (Phi) is 4.07. The van der Waals surface area contributed by atoms with E-state index in [0.29, 0.717) is 6.20 Å². The Morgan fingerprint density at radius 2 is 1.80 bits per heavy atom. The number of carbonyl (C=O) groups is 1. The average Bonchev–Trinajstić information content (AvgIpc) is 2.60. The van der Waals surface area contributed by atoms with Gasteiger partial charge in [0, 0.05) is 0 Å². The number of aromatic nitrogens is 2. The molecule has 0 unspecified atom stereocenters. The SMILES string of the molecule is CC(C)(C)OC(=O)NC(C)(C)c1ncc(C(F)(F)F)[nH]1. The lowest BCUT2D eigenvalue weighted by Crippen LogP contribution is -2.44. The summed E-state index contributed by atoms with van der Waals surface area (Å²) in [5.41, 5.74) is -2.78. The van der Waals surface area contributed by atoms with Crippen LogP contribution >= 0.6 is 0 Å². The largest absolute Gasteiger partial charge is 0.444 e. The molecule has 0 saturated heterocycles. The maximum Gasteiger partial charge on any atom is 0.432 e. The van der Waals surface area contributed by atoms with Gasteiger partial charge < -0.3 is 15.0 Å². The zero-order chi connectivity index (χ0) is 15.8. The van der Waals surface area contributed by atoms with Gasteiger partial charge in [0.1, 0.15) is 17.1 Å². The zero-order valence-electron chi connectivity index (χ0n) is 12.0. The lowest BCUT2D eigenvalue weighted by atomic mass is 10.1. The third kappa shape index (κ3) is 4.43. The van der Waals surface area contributed by atoms with Crippen molar-refractivity contribution in [2.75, 3.05) is 0 Å². The van der Waals surface area contributed by atoms with Gasteiger partial charge in [-0.25, -0.2) is 9.78 Å². The highest BCUT2D eigenvalue weighted by Crippen LogP contribution is 2.29. The van der Waals surface area contributed by atoms with E-state index in [0.717, 1.165) is 0 Å². The molecular weight excluding hydrogens is 275 g/mol. The van der Waals surface area contributed by atoms with Crippen LogP contribution in [0.25, 0.3) is 0 Å². The van der Waals surface area contributed by atoms with Crippen LogP contribution < -0.4 is 5.32 Å². The predicted molar refractivity (Wildman–Crippen MR) is 66.0 cm³/mol. The summed E-state index contributed by atoms with van der Waals surface area (Å²) in [6.07, 6.45) is -4.55. The first-order valence-corrected chi connectivity index (χ1v) is 5.95. The number of hydrogen-bond donors (Lipinski definition) is 2. The molecule has 5 nitrogen and oxygen atoms in total. The fourth-order valence-electron chi connectivity index (χ4n) is 1.40. The highest BCUT2D eigenvalue weighted by atomic mass is 19.4. The first kappa shape index (κ1) is 16.3. The van der Waals surface area contributed by atoms with E-state index in [2.05, 4.69) is 15.3 Å². The average molecular weight is 293 g/mol. The summed E-state index contributed by atoms with van der Waals surface area (Å²) in [5, 5.41) is 2.47. The van der Waals surface area contributed by atoms with Crippen LogP contribution in [0.15, 0.2) is 6.20 Å². The molecule has 0 atom stereocenters. The van der Waals surface area contributed by atoms with Crippen molar-refractivity contribution in [2.24, 2.45) is 0 Å². The lowest BCUT2D eigenvalue weighted by Gasteiger charge is -2.27. The Labute approximate surface area is 114 Å². The van der Waals surface area contributed by atoms with Crippen LogP contribution in [0.5, 0.6) is 0 Å². The molecule has 8 heteroatoms. The molecule has 114 valence electrons. The number of nitrogens with zero attached hydrogens (tertiary/aromatic N) is 1. The Balaban J connectivity index is 2.84. The molecule has 0 aliphatic heterocycles. The molecule has 0 radical (unpaired) electrons. The number of amides is 1. The number of rotatable bonds is 2. The van der Waals surface area contributed by atoms with Crippen LogP contribution in [0, 0.1) is 0 Å². The summed E-state index contributed by atoms with van der Waals surface area (Å²) < 4.78 is 42.5. The van der Waals surface area contributed by atoms with Gasteiger partial charge in [0.2, 0.25) is 0 Å². The summed E-state index contributed by atoms with van der Waals surface area (Å²) in [6.45, 7) is 8.11. The minimum atomic E-state index is -4.51. The van der Waals surface area contributed by atoms with Crippen LogP contribution in [0.4, 0.5) is 18.0 Å². The molecule has 20 heavy (non-hydrogen) atoms. The van der Waals surface area contributed by atoms with Gasteiger partial charge in [-0.1, -0.05) is 0 Å². The van der Waals surface area contributed by atoms with Gasteiger partial charge in [-0.2, -0.15) is 13.2 Å². The molecule has 2 N–H and O–H groups in total. The van der Waals surface area contributed by atoms with E-state index in [1.165, 1.54) is 13.8 Å². The van der Waals surface area contributed by atoms with Crippen LogP contribution in [0.3, 0.4) is 0 Å². The van der Waals surface area contributed by atoms with Gasteiger partial charge >= 0.3 is 12.3 Å². The van der Waals surface area contributed by atoms with Crippen molar-refractivity contribution in [1.82, 2.24) is 15.3 Å². The second-order valence-electron chi connectivity index (χ2n) is 5.90. The summed E-state index contributed by atoms with van der Waals surface area (Å²) in [7, 11) is 0. The Hall–Kier alpha value is -1.73. The molecule has 0 aliphatic rings. The molecule has 1 aromatic heterocycles. The molecule has 0 spiro atoms. The van der Waals surface area contributed by atoms with Crippen molar-refractivity contribution in [1.29, 1.82) is 0 Å². The van der Waals surface area contributed by atoms with Gasteiger partial charge in [-0.15, -0.1) is 0 Å². The standard InChI is InChI=1S/C12H18F3N3O2/c1-10(2,3)20-9(19)18-11(4,5)8-16-6-7(17-8)12(13,14)15/h6H,1-5H3,(H,16,17)(H,18,19). The van der Waals surface area contributed by atoms with Gasteiger partial charge in [-0.3, -0.25) is 0 Å². The Morgan fingerprint density at radius 1 is 1.25 bits per heavy atom. The highest BCUT2D eigenvalue weighted by Gasteiger charge is 2.36. The minimum Gasteiger partial charge on any atom is -0.444 e. The smallest absolute Gasteiger partial charge is 0.432 e. The van der Waals surface area contributed by atoms with E-state index < -0.39 is 29.1 Å². The molecule has 1 amide bonds. The molecule has 0 fully saturated rings. The van der Waals surface area contributed by atoms with Crippen LogP contribution in [0.2, 0.25) is 0 Å². The van der Waals surface area contributed by atoms with E-state index >= 15 is 0 Å². The number of alkyl halides is 3. The van der Waals surface area contributed by atoms with Crippen LogP contribution in [-0.2, 0) is 16.5 Å². The minimum absolute atomic E-state index is 0.00400. The fraction of sp³-hybridized carbons (Fsp3) is 0.667. The van der Waals surface area contributed by atoms with Gasteiger partial charge in [0.15, 0.2) is 0 Å². The van der Waals surface area contributed by atoms with Crippen molar-refractivity contribution >= 4 is 6.09 Å². The summed E-state index contributed by atoms with van der Waals surface area (Å²) in [6, 6.07) is 0. The summed E-state index contributed by atoms with van der Waals surface area (Å²) >= 11 is 0. The quantitative estimate of drug-likeness (QED) is 0.880. The zero-order valence-corrected chi connectivity index (χ0v) is 12.0. The predicted octanol–water partition coefficient (Wildman–Crippen LogP) is 3.19. The monoisotopic (exact) mass is 293 g/mol. The molecular formula is C12H18F3N3O2. The second-order valence-corrected chi connectivity index (χ2v) is 5.90. The molecule has 0 aromatic carbocycles. The van der Waals surface area contributed by atoms with Crippen molar-refractivity contribution in [2.45, 2.75) is 51.9 Å². The highest BCUT2D eigenvalue weighted by molar-refractivity contribution is 5.68. The third-order valence-corrected chi connectivity index (χ3v) is 2.29. The van der Waals surface area contributed by atoms with E-state index in [1.54, 1.807) is 20.8 Å². The maximum absolute atomic E-state index is 12.5. The molecule has 0 aliphatic carbocycles. The van der Waals surface area contributed by atoms with Crippen LogP contribution in [0.1, 0.15) is 46.1 Å². The second kappa shape index (κ2) is 4.99. The molecule has 0 saturated carbocycles. The number of imidazole rings is 1. The number of aromatic amines is 1. The van der Waals surface area contributed by atoms with Gasteiger partial charge in [0.25, 0.3) is 0 Å². The van der Waals surface area contributed by atoms with Crippen molar-refractivity contribution in [3.63, 3.8) is 0 Å². The lowest BCUT2D eigenvalue weighted by molar-refractivity contribution is -0.141. The van der Waals surface area contributed by atoms with Crippen molar-refractivity contribution in [3.8, 4) is 0 Å². The van der Waals surface area contributed by atoms with Crippen molar-refractivity contribution in [3.05, 3.63) is 17.7 Å². The molecule has 1 rings (SSSR count). The first-order chi connectivity index (χ1) is 8.81. The molecule has 1 heterocycles. The van der Waals surface area contributed by atoms with Crippen molar-refractivity contribution < 1.29 is 22.7 Å². The fourth-order valence-corrected chi connectivity index (χ4v) is 1.40. The van der Waals surface area contributed by atoms with E-state index in [9.17, 15) is 18.0 Å².